The van der Waals surface area contributed by atoms with E-state index in [0.717, 1.165) is 0 Å². The van der Waals surface area contributed by atoms with E-state index in [4.69, 9.17) is 6.42 Å². The van der Waals surface area contributed by atoms with Gasteiger partial charge < -0.3 is 10.4 Å². The molecule has 0 heterocycles. The number of aliphatic hydroxyl groups is 1. The zero-order valence-electron chi connectivity index (χ0n) is 8.74. The summed E-state index contributed by atoms with van der Waals surface area (Å²) in [6.45, 7) is 2.85. The molecule has 0 aliphatic heterocycles. The maximum absolute atomic E-state index is 11.4. The molecule has 0 spiro atoms. The van der Waals surface area contributed by atoms with Crippen LogP contribution in [0.1, 0.15) is 19.4 Å². The van der Waals surface area contributed by atoms with Gasteiger partial charge >= 0.3 is 0 Å². The van der Waals surface area contributed by atoms with Gasteiger partial charge in [-0.2, -0.15) is 0 Å². The van der Waals surface area contributed by atoms with Crippen molar-refractivity contribution in [2.75, 3.05) is 5.32 Å². The fraction of sp³-hybridized carbons (Fsp3) is 0.250. The molecule has 15 heavy (non-hydrogen) atoms. The zero-order chi connectivity index (χ0) is 11.5. The molecule has 1 rings (SSSR count). The highest BCUT2D eigenvalue weighted by Crippen LogP contribution is 2.12. The van der Waals surface area contributed by atoms with Crippen molar-refractivity contribution in [1.82, 2.24) is 0 Å². The Bertz CT molecular complexity index is 410. The molecule has 78 valence electrons. The largest absolute Gasteiger partial charge is 0.381 e. The quantitative estimate of drug-likeness (QED) is 0.713. The molecular formula is C12H13NO2. The first-order chi connectivity index (χ1) is 6.93. The average Bonchev–Trinajstić information content (AvgIpc) is 2.16. The predicted octanol–water partition coefficient (Wildman–Crippen LogP) is 1.38. The van der Waals surface area contributed by atoms with E-state index in [0.29, 0.717) is 11.3 Å². The van der Waals surface area contributed by atoms with Crippen LogP contribution < -0.4 is 5.32 Å². The number of nitrogens with one attached hydrogen (secondary N) is 1. The molecule has 0 aliphatic carbocycles. The number of anilines is 1. The summed E-state index contributed by atoms with van der Waals surface area (Å²) >= 11 is 0. The first kappa shape index (κ1) is 11.3. The molecule has 1 amide bonds. The Balaban J connectivity index is 2.83. The van der Waals surface area contributed by atoms with Crippen LogP contribution in [-0.2, 0) is 4.79 Å². The standard InChI is InChI=1S/C12H13NO2/c1-4-9-6-5-7-10(8-9)13-11(14)12(2,3)15/h1,5-8,15H,2-3H3,(H,13,14). The second-order valence-electron chi connectivity index (χ2n) is 3.74. The lowest BCUT2D eigenvalue weighted by Gasteiger charge is -2.16. The highest BCUT2D eigenvalue weighted by atomic mass is 16.3. The van der Waals surface area contributed by atoms with Gasteiger partial charge in [-0.15, -0.1) is 6.42 Å². The van der Waals surface area contributed by atoms with E-state index in [1.165, 1.54) is 13.8 Å². The van der Waals surface area contributed by atoms with Gasteiger partial charge in [0.05, 0.1) is 0 Å². The fourth-order valence-corrected chi connectivity index (χ4v) is 0.971. The molecule has 3 nitrogen and oxygen atoms in total. The minimum atomic E-state index is -1.40. The Labute approximate surface area is 89.1 Å². The van der Waals surface area contributed by atoms with Crippen molar-refractivity contribution in [1.29, 1.82) is 0 Å². The van der Waals surface area contributed by atoms with E-state index in [2.05, 4.69) is 11.2 Å². The molecule has 0 atom stereocenters. The third kappa shape index (κ3) is 3.12. The number of hydrogen-bond donors (Lipinski definition) is 2. The predicted molar refractivity (Wildman–Crippen MR) is 59.3 cm³/mol. The van der Waals surface area contributed by atoms with Gasteiger partial charge in [0.1, 0.15) is 5.60 Å². The summed E-state index contributed by atoms with van der Waals surface area (Å²) < 4.78 is 0. The molecule has 0 aromatic heterocycles. The molecule has 2 N–H and O–H groups in total. The maximum Gasteiger partial charge on any atom is 0.255 e. The number of hydrogen-bond acceptors (Lipinski definition) is 2. The van der Waals surface area contributed by atoms with Crippen LogP contribution in [0.15, 0.2) is 24.3 Å². The smallest absolute Gasteiger partial charge is 0.255 e. The molecule has 0 unspecified atom stereocenters. The fourth-order valence-electron chi connectivity index (χ4n) is 0.971. The first-order valence-corrected chi connectivity index (χ1v) is 4.54. The number of benzene rings is 1. The van der Waals surface area contributed by atoms with Crippen molar-refractivity contribution in [2.24, 2.45) is 0 Å². The first-order valence-electron chi connectivity index (χ1n) is 4.54. The number of amides is 1. The average molecular weight is 203 g/mol. The second-order valence-corrected chi connectivity index (χ2v) is 3.74. The number of carbonyl (C=O) groups excluding carboxylic acids is 1. The Kier molecular flexibility index (Phi) is 3.13. The molecular weight excluding hydrogens is 190 g/mol. The maximum atomic E-state index is 11.4. The topological polar surface area (TPSA) is 49.3 Å². The monoisotopic (exact) mass is 203 g/mol. The second kappa shape index (κ2) is 4.16. The SMILES string of the molecule is C#Cc1cccc(NC(=O)C(C)(C)O)c1. The van der Waals surface area contributed by atoms with Crippen molar-refractivity contribution in [3.8, 4) is 12.3 Å². The summed E-state index contributed by atoms with van der Waals surface area (Å²) in [7, 11) is 0. The summed E-state index contributed by atoms with van der Waals surface area (Å²) in [5.74, 6) is 2.00. The van der Waals surface area contributed by atoms with Gasteiger partial charge in [0, 0.05) is 11.3 Å². The minimum absolute atomic E-state index is 0.461. The van der Waals surface area contributed by atoms with Crippen LogP contribution in [0.2, 0.25) is 0 Å². The zero-order valence-corrected chi connectivity index (χ0v) is 8.74. The van der Waals surface area contributed by atoms with Gasteiger partial charge in [0.25, 0.3) is 5.91 Å². The number of terminal acetylenes is 1. The van der Waals surface area contributed by atoms with E-state index in [9.17, 15) is 9.90 Å². The van der Waals surface area contributed by atoms with E-state index >= 15 is 0 Å². The van der Waals surface area contributed by atoms with Crippen LogP contribution in [0, 0.1) is 12.3 Å². The van der Waals surface area contributed by atoms with Crippen LogP contribution in [0.4, 0.5) is 5.69 Å². The number of carbonyl (C=O) groups is 1. The highest BCUT2D eigenvalue weighted by Gasteiger charge is 2.23. The Morgan fingerprint density at radius 3 is 2.73 bits per heavy atom. The van der Waals surface area contributed by atoms with E-state index in [1.54, 1.807) is 24.3 Å². The van der Waals surface area contributed by atoms with Crippen LogP contribution >= 0.6 is 0 Å². The van der Waals surface area contributed by atoms with Gasteiger partial charge in [-0.1, -0.05) is 12.0 Å². The number of rotatable bonds is 2. The Morgan fingerprint density at radius 2 is 2.20 bits per heavy atom. The molecule has 0 fully saturated rings. The van der Waals surface area contributed by atoms with Crippen molar-refractivity contribution >= 4 is 11.6 Å². The lowest BCUT2D eigenvalue weighted by molar-refractivity contribution is -0.130. The molecule has 0 saturated heterocycles. The van der Waals surface area contributed by atoms with Crippen molar-refractivity contribution in [2.45, 2.75) is 19.4 Å². The molecule has 1 aromatic rings. The summed E-state index contributed by atoms with van der Waals surface area (Å²) in [4.78, 5) is 11.4. The summed E-state index contributed by atoms with van der Waals surface area (Å²) in [6, 6.07) is 6.89. The van der Waals surface area contributed by atoms with Gasteiger partial charge in [0.15, 0.2) is 0 Å². The van der Waals surface area contributed by atoms with Crippen LogP contribution in [0.25, 0.3) is 0 Å². The van der Waals surface area contributed by atoms with Crippen LogP contribution in [0.5, 0.6) is 0 Å². The van der Waals surface area contributed by atoms with Crippen LogP contribution in [-0.4, -0.2) is 16.6 Å². The Hall–Kier alpha value is -1.79. The summed E-state index contributed by atoms with van der Waals surface area (Å²) in [6.07, 6.45) is 5.22. The Morgan fingerprint density at radius 1 is 1.53 bits per heavy atom. The molecule has 0 radical (unpaired) electrons. The lowest BCUT2D eigenvalue weighted by atomic mass is 10.1. The molecule has 0 saturated carbocycles. The highest BCUT2D eigenvalue weighted by molar-refractivity contribution is 5.96. The van der Waals surface area contributed by atoms with Gasteiger partial charge in [-0.05, 0) is 32.0 Å². The van der Waals surface area contributed by atoms with Crippen molar-refractivity contribution in [3.05, 3.63) is 29.8 Å². The molecule has 1 aromatic carbocycles. The summed E-state index contributed by atoms with van der Waals surface area (Å²) in [5.41, 5.74) is -0.132. The van der Waals surface area contributed by atoms with Gasteiger partial charge in [-0.3, -0.25) is 4.79 Å². The van der Waals surface area contributed by atoms with Crippen LogP contribution in [0.3, 0.4) is 0 Å². The third-order valence-electron chi connectivity index (χ3n) is 1.84. The van der Waals surface area contributed by atoms with Gasteiger partial charge in [0.2, 0.25) is 0 Å². The van der Waals surface area contributed by atoms with E-state index in [-0.39, 0.29) is 0 Å². The van der Waals surface area contributed by atoms with Crippen molar-refractivity contribution in [3.63, 3.8) is 0 Å². The minimum Gasteiger partial charge on any atom is -0.381 e. The van der Waals surface area contributed by atoms with Gasteiger partial charge in [-0.25, -0.2) is 0 Å². The molecule has 0 bridgehead atoms. The normalized spacial score (nSPS) is 10.5. The van der Waals surface area contributed by atoms with Crippen molar-refractivity contribution < 1.29 is 9.90 Å². The molecule has 0 aliphatic rings. The lowest BCUT2D eigenvalue weighted by Crippen LogP contribution is -2.36. The molecule has 3 heteroatoms. The summed E-state index contributed by atoms with van der Waals surface area (Å²) in [5, 5.41) is 12.0. The van der Waals surface area contributed by atoms with E-state index in [1.807, 2.05) is 0 Å². The van der Waals surface area contributed by atoms with E-state index < -0.39 is 11.5 Å². The third-order valence-corrected chi connectivity index (χ3v) is 1.84.